The molecule has 8 saturated carbocycles. The first kappa shape index (κ1) is 88.4. The van der Waals surface area contributed by atoms with Gasteiger partial charge in [-0.1, -0.05) is 51.1 Å². The molecule has 8 nitrogen and oxygen atoms in total. The molecular weight excluding hydrogens is 1260 g/mol. The number of aliphatic hydroxyl groups is 2. The monoisotopic (exact) mass is 1360 g/mol. The number of benzene rings is 2. The van der Waals surface area contributed by atoms with E-state index in [2.05, 4.69) is 43.6 Å². The van der Waals surface area contributed by atoms with Crippen LogP contribution in [0, 0.1) is 94.7 Å². The van der Waals surface area contributed by atoms with E-state index in [9.17, 15) is 19.8 Å². The number of carbonyl (C=O) groups excluding carboxylic acids is 2. The molecule has 0 bridgehead atoms. The molecule has 2 N–H and O–H groups in total. The number of Topliss-reactive ketones (excluding diaryl/α,β-unsaturated/α-hetero) is 1. The van der Waals surface area contributed by atoms with Crippen molar-refractivity contribution in [3.8, 4) is 11.5 Å². The van der Waals surface area contributed by atoms with Gasteiger partial charge in [-0.15, -0.1) is 0 Å². The molecule has 0 aliphatic heterocycles. The highest BCUT2D eigenvalue weighted by atomic mass is 79.9. The molecule has 0 unspecified atom stereocenters. The molecule has 39 heteroatoms. The van der Waals surface area contributed by atoms with Gasteiger partial charge in [0.1, 0.15) is 11.5 Å². The number of rotatable bonds is 19. The number of methoxy groups -OCH3 is 2. The Morgan fingerprint density at radius 3 is 1.13 bits per heavy atom. The Balaban J connectivity index is 0.000000220. The minimum Gasteiger partial charge on any atom is -0.497 e. The van der Waals surface area contributed by atoms with Crippen LogP contribution in [0.2, 0.25) is 0 Å². The van der Waals surface area contributed by atoms with Crippen molar-refractivity contribution in [1.82, 2.24) is 5.06 Å². The second kappa shape index (κ2) is 35.9. The highest BCUT2D eigenvalue weighted by Gasteiger charge is 2.64. The van der Waals surface area contributed by atoms with Crippen molar-refractivity contribution in [3.05, 3.63) is 57.6 Å². The number of hydrogen-bond acceptors (Lipinski definition) is 7. The quantitative estimate of drug-likeness (QED) is 0.127. The number of ether oxygens (including phenoxy) is 2. The number of halogens is 1. The highest BCUT2D eigenvalue weighted by molar-refractivity contribution is 9.10. The van der Waals surface area contributed by atoms with Crippen LogP contribution in [0.15, 0.2) is 40.9 Å². The van der Waals surface area contributed by atoms with Crippen LogP contribution in [-0.4, -0.2) is 280 Å². The molecule has 2 aromatic rings. The van der Waals surface area contributed by atoms with Gasteiger partial charge in [0.05, 0.1) is 32.5 Å². The molecule has 8 aliphatic rings. The van der Waals surface area contributed by atoms with Crippen LogP contribution in [0.5, 0.6) is 11.5 Å². The molecular formula is C61H94B30BrNO7. The zero-order valence-electron chi connectivity index (χ0n) is 62.0. The molecule has 100 heavy (non-hydrogen) atoms. The van der Waals surface area contributed by atoms with Gasteiger partial charge in [-0.05, 0) is 260 Å². The average Bonchev–Trinajstić information content (AvgIpc) is 1.45. The molecule has 8 fully saturated rings. The summed E-state index contributed by atoms with van der Waals surface area (Å²) in [5.74, 6) is 8.29. The van der Waals surface area contributed by atoms with Crippen molar-refractivity contribution in [2.45, 2.75) is 190 Å². The van der Waals surface area contributed by atoms with E-state index in [4.69, 9.17) is 138 Å². The molecule has 1 amide bonds. The summed E-state index contributed by atoms with van der Waals surface area (Å²) in [5, 5.41) is 22.8. The number of ketones is 1. The summed E-state index contributed by atoms with van der Waals surface area (Å²) in [7, 11) is 103. The van der Waals surface area contributed by atoms with Crippen molar-refractivity contribution in [3.63, 3.8) is 0 Å². The van der Waals surface area contributed by atoms with Gasteiger partial charge in [-0.2, -0.15) is 0 Å². The zero-order chi connectivity index (χ0) is 74.1. The van der Waals surface area contributed by atoms with Crippen molar-refractivity contribution in [1.29, 1.82) is 0 Å². The largest absolute Gasteiger partial charge is 0.497 e. The van der Waals surface area contributed by atoms with Gasteiger partial charge in [-0.3, -0.25) is 14.4 Å². The Bertz CT molecular complexity index is 2890. The molecule has 2 aromatic carbocycles. The third kappa shape index (κ3) is 18.8. The predicted molar refractivity (Wildman–Crippen MR) is 458 cm³/mol. The number of hydroxylamine groups is 2. The summed E-state index contributed by atoms with van der Waals surface area (Å²) in [6.07, 6.45) is 6.94. The Kier molecular flexibility index (Phi) is 31.7. The van der Waals surface area contributed by atoms with Gasteiger partial charge >= 0.3 is 0 Å². The van der Waals surface area contributed by atoms with E-state index in [1.54, 1.807) is 28.4 Å². The van der Waals surface area contributed by atoms with Crippen LogP contribution in [0.25, 0.3) is 0 Å². The standard InChI is InChI=1S/C29H42O3.C23H39NO3.C8H9BrO.CH4.B30/c1-18-16-20(32-5)7-9-21(18)26(30)25-11-10-23-22-8-6-19-17-27(2,31)14-15-28(19,3)24(22)12-13-29(23,25)4;1-21(26)12-13-22(2)15(14-21)6-7-16-17-8-9-19(20(25)24(4)27-5)23(17,3)11-10-18(16)22;1-6-5-7(10-2)3-4-8(6)9;;1-17(2)25(18(3)4)29(26(19(5)6)20(7)8)30(27(21(9)10)22(11)12)28(23(13)14)24(15)16/h7,9,16,19,22-25,31H,6,8,10-15,17H2,1-5H3;15-19,26H,6-14H2,1-5H3;3-5H,1-2H3;1H4;/t19-,22-,23-,24-,25+,27+,28-,29-;15-,16-,17-,18-,19+,21+,22-,23-;;;/m00.../s1. The third-order valence-electron chi connectivity index (χ3n) is 27.9. The number of aryl methyl sites for hydroxylation is 2. The van der Waals surface area contributed by atoms with Gasteiger partial charge < -0.3 is 19.7 Å². The molecule has 0 aromatic heterocycles. The zero-order valence-corrected chi connectivity index (χ0v) is 63.6. The summed E-state index contributed by atoms with van der Waals surface area (Å²) in [5.41, 5.74) is 3.22. The number of nitrogens with zero attached hydrogens (tertiary/aromatic N) is 1. The fourth-order valence-corrected chi connectivity index (χ4v) is 22.8. The van der Waals surface area contributed by atoms with E-state index in [0.717, 1.165) is 89.3 Å². The molecule has 8 aliphatic carbocycles. The molecule has 0 spiro atoms. The fraction of sp³-hybridized carbons (Fsp3) is 0.770. The first-order valence-electron chi connectivity index (χ1n) is 36.9. The van der Waals surface area contributed by atoms with Crippen LogP contribution < -0.4 is 9.47 Å². The van der Waals surface area contributed by atoms with Crippen molar-refractivity contribution in [2.24, 2.45) is 80.8 Å². The maximum Gasteiger partial charge on any atom is 0.249 e. The number of hydrogen-bond donors (Lipinski definition) is 2. The third-order valence-corrected chi connectivity index (χ3v) is 28.8. The lowest BCUT2D eigenvalue weighted by molar-refractivity contribution is -0.182. The van der Waals surface area contributed by atoms with Gasteiger partial charge in [0, 0.05) is 242 Å². The van der Waals surface area contributed by atoms with Gasteiger partial charge in [0.25, 0.3) is 0 Å². The normalized spacial score (nSPS) is 32.4. The Labute approximate surface area is 643 Å². The molecule has 10 rings (SSSR count). The minimum absolute atomic E-state index is 0. The molecule has 32 radical (unpaired) electrons. The number of amides is 1. The van der Waals surface area contributed by atoms with Crippen LogP contribution in [0.1, 0.15) is 186 Å². The van der Waals surface area contributed by atoms with Crippen molar-refractivity contribution in [2.75, 3.05) is 28.4 Å². The molecule has 0 saturated heterocycles. The van der Waals surface area contributed by atoms with Crippen LogP contribution in [0.4, 0.5) is 0 Å². The summed E-state index contributed by atoms with van der Waals surface area (Å²) in [4.78, 5) is 31.9. The van der Waals surface area contributed by atoms with Gasteiger partial charge in [-0.25, -0.2) is 5.06 Å². The van der Waals surface area contributed by atoms with Crippen molar-refractivity contribution < 1.29 is 34.1 Å². The van der Waals surface area contributed by atoms with Crippen LogP contribution in [-0.2, 0) is 9.63 Å². The molecule has 16 atom stereocenters. The second-order valence-electron chi connectivity index (χ2n) is 33.8. The maximum absolute atomic E-state index is 13.8. The topological polar surface area (TPSA) is 106 Å². The Morgan fingerprint density at radius 2 is 0.790 bits per heavy atom. The number of carbonyl (C=O) groups is 2. The van der Waals surface area contributed by atoms with E-state index >= 15 is 0 Å². The lowest BCUT2D eigenvalue weighted by atomic mass is 8.31. The maximum atomic E-state index is 13.8. The first-order valence-corrected chi connectivity index (χ1v) is 37.7. The number of fused-ring (bicyclic) bond motifs is 10. The van der Waals surface area contributed by atoms with E-state index in [0.29, 0.717) is 40.3 Å². The summed E-state index contributed by atoms with van der Waals surface area (Å²) >= 11 is 3.40. The predicted octanol–water partition coefficient (Wildman–Crippen LogP) is 2.99. The Hall–Kier alpha value is -0.512. The Morgan fingerprint density at radius 1 is 0.450 bits per heavy atom. The van der Waals surface area contributed by atoms with E-state index < -0.39 is 101 Å². The summed E-state index contributed by atoms with van der Waals surface area (Å²) < 4.78 is 11.5. The van der Waals surface area contributed by atoms with Crippen LogP contribution >= 0.6 is 15.9 Å². The SMILES string of the molecule is C.CON(C)C(=O)[C@H]1CC[C@H]2[C@@H]3CC[C@H]4C[C@](C)(O)CC[C@]4(C)[C@H]3CC[C@]12C.COc1ccc(Br)c(C)c1.COc1ccc(C(=O)[C@H]2CC[C@H]3[C@@H]4CC[C@H]5C[C@](C)(O)CC[C@]5(C)[C@H]4CC[C@]23C)c(C)c1.[B]B([B])B(B([B])[B])B(B(B([B])[B])B([B])[B])B(B(B([B])[B])B([B])[B])B(B([B])[B])B([B])[B]. The van der Waals surface area contributed by atoms with E-state index in [1.165, 1.54) is 87.7 Å². The minimum atomic E-state index is -1.07. The summed E-state index contributed by atoms with van der Waals surface area (Å²) in [6.45, 7) is 18.1. The first-order chi connectivity index (χ1) is 46.0. The second-order valence-corrected chi connectivity index (χ2v) is 34.7. The lowest BCUT2D eigenvalue weighted by Gasteiger charge is -2.61. The summed E-state index contributed by atoms with van der Waals surface area (Å²) in [6, 6.07) is 11.8. The van der Waals surface area contributed by atoms with Gasteiger partial charge in [0.2, 0.25) is 5.91 Å². The van der Waals surface area contributed by atoms with Gasteiger partial charge in [0.15, 0.2) is 5.78 Å². The van der Waals surface area contributed by atoms with Crippen molar-refractivity contribution >= 4 is 241 Å². The fourth-order valence-electron chi connectivity index (χ4n) is 22.6. The molecule has 0 heterocycles. The highest BCUT2D eigenvalue weighted by Crippen LogP contribution is 2.70. The smallest absolute Gasteiger partial charge is 0.249 e. The lowest BCUT2D eigenvalue weighted by Crippen LogP contribution is -2.88. The van der Waals surface area contributed by atoms with E-state index in [1.807, 2.05) is 64.1 Å². The molecule has 482 valence electrons. The van der Waals surface area contributed by atoms with Crippen LogP contribution in [0.3, 0.4) is 0 Å². The average molecular weight is 1360 g/mol. The van der Waals surface area contributed by atoms with E-state index in [-0.39, 0.29) is 36.0 Å².